The van der Waals surface area contributed by atoms with Gasteiger partial charge in [-0.3, -0.25) is 9.78 Å². The van der Waals surface area contributed by atoms with Gasteiger partial charge in [0, 0.05) is 32.2 Å². The number of likely N-dealkylation sites (tertiary alicyclic amines) is 1. The lowest BCUT2D eigenvalue weighted by Gasteiger charge is -2.32. The van der Waals surface area contributed by atoms with Crippen molar-refractivity contribution >= 4 is 40.1 Å². The molecule has 8 heteroatoms. The minimum atomic E-state index is -0.203. The smallest absolute Gasteiger partial charge is 0.271 e. The Kier molecular flexibility index (Phi) is 6.67. The number of hydrogen-bond acceptors (Lipinski definition) is 5. The van der Waals surface area contributed by atoms with Crippen LogP contribution in [0.3, 0.4) is 0 Å². The number of amides is 1. The molecule has 0 radical (unpaired) electrons. The van der Waals surface area contributed by atoms with E-state index in [0.717, 1.165) is 43.7 Å². The number of fused-ring (bicyclic) bond motifs is 1. The number of halogens is 2. The van der Waals surface area contributed by atoms with Crippen LogP contribution < -0.4 is 10.1 Å². The SMILES string of the molecule is O=C(NCCN1CCC(Oc2ccc(Cl)c(Cl)c2)CC1)c1cnc2ccccc2n1. The van der Waals surface area contributed by atoms with Crippen molar-refractivity contribution in [3.63, 3.8) is 0 Å². The number of benzene rings is 2. The molecule has 1 aromatic heterocycles. The van der Waals surface area contributed by atoms with Crippen LogP contribution in [0, 0.1) is 0 Å². The number of hydrogen-bond donors (Lipinski definition) is 1. The Hall–Kier alpha value is -2.41. The van der Waals surface area contributed by atoms with E-state index in [1.165, 1.54) is 6.20 Å². The van der Waals surface area contributed by atoms with Crippen LogP contribution in [0.4, 0.5) is 0 Å². The van der Waals surface area contributed by atoms with Crippen molar-refractivity contribution < 1.29 is 9.53 Å². The highest BCUT2D eigenvalue weighted by Gasteiger charge is 2.21. The van der Waals surface area contributed by atoms with Gasteiger partial charge < -0.3 is 15.0 Å². The molecule has 1 N–H and O–H groups in total. The molecule has 0 atom stereocenters. The van der Waals surface area contributed by atoms with Crippen LogP contribution in [0.5, 0.6) is 5.75 Å². The number of rotatable bonds is 6. The topological polar surface area (TPSA) is 67.4 Å². The first-order chi connectivity index (χ1) is 14.6. The maximum absolute atomic E-state index is 12.4. The van der Waals surface area contributed by atoms with E-state index in [4.69, 9.17) is 27.9 Å². The van der Waals surface area contributed by atoms with Gasteiger partial charge in [0.05, 0.1) is 27.3 Å². The summed E-state index contributed by atoms with van der Waals surface area (Å²) in [5, 5.41) is 3.95. The Bertz CT molecular complexity index is 1040. The molecule has 0 spiro atoms. The highest BCUT2D eigenvalue weighted by atomic mass is 35.5. The fraction of sp³-hybridized carbons (Fsp3) is 0.318. The van der Waals surface area contributed by atoms with Crippen LogP contribution in [-0.4, -0.2) is 53.1 Å². The summed E-state index contributed by atoms with van der Waals surface area (Å²) in [5.41, 5.74) is 1.83. The van der Waals surface area contributed by atoms with Crippen LogP contribution >= 0.6 is 23.2 Å². The zero-order chi connectivity index (χ0) is 20.9. The molecule has 1 aliphatic heterocycles. The molecule has 30 heavy (non-hydrogen) atoms. The van der Waals surface area contributed by atoms with Gasteiger partial charge >= 0.3 is 0 Å². The Morgan fingerprint density at radius 3 is 2.63 bits per heavy atom. The minimum Gasteiger partial charge on any atom is -0.490 e. The van der Waals surface area contributed by atoms with Gasteiger partial charge in [-0.25, -0.2) is 4.98 Å². The number of nitrogens with one attached hydrogen (secondary N) is 1. The summed E-state index contributed by atoms with van der Waals surface area (Å²) in [5.74, 6) is 0.540. The normalized spacial score (nSPS) is 15.3. The third-order valence-corrected chi connectivity index (χ3v) is 5.86. The average Bonchev–Trinajstić information content (AvgIpc) is 2.77. The zero-order valence-corrected chi connectivity index (χ0v) is 17.9. The van der Waals surface area contributed by atoms with Crippen LogP contribution in [0.15, 0.2) is 48.7 Å². The molecule has 1 fully saturated rings. The fourth-order valence-electron chi connectivity index (χ4n) is 3.48. The maximum Gasteiger partial charge on any atom is 0.271 e. The van der Waals surface area contributed by atoms with Crippen molar-refractivity contribution in [1.29, 1.82) is 0 Å². The molecular weight excluding hydrogens is 423 g/mol. The van der Waals surface area contributed by atoms with Gasteiger partial charge in [0.2, 0.25) is 0 Å². The van der Waals surface area contributed by atoms with Crippen LogP contribution in [0.25, 0.3) is 11.0 Å². The summed E-state index contributed by atoms with van der Waals surface area (Å²) in [4.78, 5) is 23.4. The van der Waals surface area contributed by atoms with Crippen LogP contribution in [0.2, 0.25) is 10.0 Å². The number of carbonyl (C=O) groups excluding carboxylic acids is 1. The second-order valence-corrected chi connectivity index (χ2v) is 8.05. The third-order valence-electron chi connectivity index (χ3n) is 5.12. The van der Waals surface area contributed by atoms with E-state index >= 15 is 0 Å². The van der Waals surface area contributed by atoms with Crippen molar-refractivity contribution in [3.05, 3.63) is 64.4 Å². The molecule has 6 nitrogen and oxygen atoms in total. The predicted octanol–water partition coefficient (Wildman–Crippen LogP) is 4.21. The van der Waals surface area contributed by atoms with E-state index in [9.17, 15) is 4.79 Å². The second kappa shape index (κ2) is 9.60. The second-order valence-electron chi connectivity index (χ2n) is 7.23. The van der Waals surface area contributed by atoms with Crippen molar-refractivity contribution in [2.45, 2.75) is 18.9 Å². The highest BCUT2D eigenvalue weighted by Crippen LogP contribution is 2.28. The van der Waals surface area contributed by atoms with E-state index in [1.54, 1.807) is 12.1 Å². The molecule has 0 aliphatic carbocycles. The lowest BCUT2D eigenvalue weighted by atomic mass is 10.1. The van der Waals surface area contributed by atoms with Crippen molar-refractivity contribution in [1.82, 2.24) is 20.2 Å². The molecule has 0 saturated carbocycles. The minimum absolute atomic E-state index is 0.154. The molecule has 0 bridgehead atoms. The summed E-state index contributed by atoms with van der Waals surface area (Å²) in [6.07, 6.45) is 3.51. The molecule has 1 aliphatic rings. The Balaban J connectivity index is 1.20. The molecule has 4 rings (SSSR count). The number of carbonyl (C=O) groups is 1. The molecule has 2 heterocycles. The summed E-state index contributed by atoms with van der Waals surface area (Å²) >= 11 is 12.0. The molecule has 3 aromatic rings. The Labute approximate surface area is 185 Å². The van der Waals surface area contributed by atoms with Crippen molar-refractivity contribution in [2.24, 2.45) is 0 Å². The first-order valence-corrected chi connectivity index (χ1v) is 10.7. The number of piperidine rings is 1. The van der Waals surface area contributed by atoms with Crippen LogP contribution in [0.1, 0.15) is 23.3 Å². The molecule has 1 saturated heterocycles. The van der Waals surface area contributed by atoms with Gasteiger partial charge in [-0.15, -0.1) is 0 Å². The lowest BCUT2D eigenvalue weighted by Crippen LogP contribution is -2.42. The van der Waals surface area contributed by atoms with Gasteiger partial charge in [-0.1, -0.05) is 35.3 Å². The Morgan fingerprint density at radius 1 is 1.10 bits per heavy atom. The number of aromatic nitrogens is 2. The Morgan fingerprint density at radius 2 is 1.87 bits per heavy atom. The summed E-state index contributed by atoms with van der Waals surface area (Å²) in [6, 6.07) is 12.8. The van der Waals surface area contributed by atoms with Gasteiger partial charge in [0.25, 0.3) is 5.91 Å². The van der Waals surface area contributed by atoms with E-state index in [1.807, 2.05) is 30.3 Å². The predicted molar refractivity (Wildman–Crippen MR) is 118 cm³/mol. The quantitative estimate of drug-likeness (QED) is 0.616. The van der Waals surface area contributed by atoms with Crippen LogP contribution in [-0.2, 0) is 0 Å². The number of ether oxygens (including phenoxy) is 1. The first kappa shape index (κ1) is 20.8. The van der Waals surface area contributed by atoms with E-state index < -0.39 is 0 Å². The average molecular weight is 445 g/mol. The monoisotopic (exact) mass is 444 g/mol. The van der Waals surface area contributed by atoms with Crippen molar-refractivity contribution in [2.75, 3.05) is 26.2 Å². The first-order valence-electron chi connectivity index (χ1n) is 9.92. The third kappa shape index (κ3) is 5.19. The van der Waals surface area contributed by atoms with E-state index in [2.05, 4.69) is 20.2 Å². The zero-order valence-electron chi connectivity index (χ0n) is 16.4. The maximum atomic E-state index is 12.4. The van der Waals surface area contributed by atoms with Gasteiger partial charge in [0.1, 0.15) is 17.5 Å². The van der Waals surface area contributed by atoms with Gasteiger partial charge in [-0.2, -0.15) is 0 Å². The van der Waals surface area contributed by atoms with Crippen molar-refractivity contribution in [3.8, 4) is 5.75 Å². The molecule has 2 aromatic carbocycles. The fourth-order valence-corrected chi connectivity index (χ4v) is 3.77. The van der Waals surface area contributed by atoms with E-state index in [0.29, 0.717) is 27.8 Å². The van der Waals surface area contributed by atoms with Gasteiger partial charge in [-0.05, 0) is 37.1 Å². The molecule has 0 unspecified atom stereocenters. The number of para-hydroxylation sites is 2. The standard InChI is InChI=1S/C22H22Cl2N4O2/c23-17-6-5-16(13-18(17)24)30-15-7-10-28(11-8-15)12-9-25-22(29)21-14-26-19-3-1-2-4-20(19)27-21/h1-6,13-15H,7-12H2,(H,25,29). The summed E-state index contributed by atoms with van der Waals surface area (Å²) in [7, 11) is 0. The lowest BCUT2D eigenvalue weighted by molar-refractivity contribution is 0.0902. The molecule has 1 amide bonds. The number of nitrogens with zero attached hydrogens (tertiary/aromatic N) is 3. The van der Waals surface area contributed by atoms with Gasteiger partial charge in [0.15, 0.2) is 0 Å². The summed E-state index contributed by atoms with van der Waals surface area (Å²) < 4.78 is 6.02. The largest absolute Gasteiger partial charge is 0.490 e. The highest BCUT2D eigenvalue weighted by molar-refractivity contribution is 6.42. The van der Waals surface area contributed by atoms with E-state index in [-0.39, 0.29) is 12.0 Å². The molecule has 156 valence electrons. The summed E-state index contributed by atoms with van der Waals surface area (Å²) in [6.45, 7) is 3.17. The molecular formula is C22H22Cl2N4O2.